The maximum Gasteiger partial charge on any atom is 0.306 e. The molecule has 3 heteroatoms. The van der Waals surface area contributed by atoms with Crippen LogP contribution in [-0.2, 0) is 9.53 Å². The molecule has 0 unspecified atom stereocenters. The molecule has 1 saturated heterocycles. The predicted molar refractivity (Wildman–Crippen MR) is 67.7 cm³/mol. The largest absolute Gasteiger partial charge is 0.469 e. The molecule has 1 heterocycles. The summed E-state index contributed by atoms with van der Waals surface area (Å²) in [6.07, 6.45) is 4.41. The monoisotopic (exact) mass is 239 g/mol. The number of likely N-dealkylation sites (tertiary alicyclic amines) is 1. The summed E-state index contributed by atoms with van der Waals surface area (Å²) in [5.74, 6) is -0.0872. The van der Waals surface area contributed by atoms with E-state index in [0.717, 1.165) is 13.1 Å². The zero-order chi connectivity index (χ0) is 12.7. The number of carbonyl (C=O) groups is 1. The summed E-state index contributed by atoms with van der Waals surface area (Å²) in [7, 11) is 1.47. The van der Waals surface area contributed by atoms with Crippen molar-refractivity contribution in [2.45, 2.75) is 52.5 Å². The number of hydrogen-bond acceptors (Lipinski definition) is 3. The fraction of sp³-hybridized carbons (Fsp3) is 0.929. The van der Waals surface area contributed by atoms with Crippen LogP contribution in [-0.4, -0.2) is 37.1 Å². The van der Waals surface area contributed by atoms with Gasteiger partial charge in [0.05, 0.1) is 13.5 Å². The van der Waals surface area contributed by atoms with Gasteiger partial charge in [-0.15, -0.1) is 0 Å². The summed E-state index contributed by atoms with van der Waals surface area (Å²) in [6.45, 7) is 9.17. The number of fused-ring (bicyclic) bond motifs is 2. The number of nitrogens with zero attached hydrogens (tertiary/aromatic N) is 1. The standard InChI is InChI=1S/C14H25NO2/c1-13(2)7-11-8-14(3,9-13)10-15(11)6-5-12(16)17-4/h11H,5-10H2,1-4H3/t11-,14+/m1/s1. The Labute approximate surface area is 105 Å². The van der Waals surface area contributed by atoms with Crippen LogP contribution in [0.2, 0.25) is 0 Å². The van der Waals surface area contributed by atoms with Crippen molar-refractivity contribution in [1.82, 2.24) is 4.90 Å². The van der Waals surface area contributed by atoms with E-state index in [9.17, 15) is 4.79 Å². The van der Waals surface area contributed by atoms with E-state index < -0.39 is 0 Å². The zero-order valence-electron chi connectivity index (χ0n) is 11.6. The van der Waals surface area contributed by atoms with Gasteiger partial charge in [-0.3, -0.25) is 9.69 Å². The highest BCUT2D eigenvalue weighted by Gasteiger charge is 2.49. The average molecular weight is 239 g/mol. The number of ether oxygens (including phenoxy) is 1. The van der Waals surface area contributed by atoms with Gasteiger partial charge >= 0.3 is 5.97 Å². The molecule has 2 atom stereocenters. The second-order valence-corrected chi connectivity index (χ2v) is 7.01. The molecule has 1 aliphatic carbocycles. The van der Waals surface area contributed by atoms with Gasteiger partial charge in [-0.2, -0.15) is 0 Å². The number of esters is 1. The quantitative estimate of drug-likeness (QED) is 0.709. The first-order valence-corrected chi connectivity index (χ1v) is 6.64. The first-order valence-electron chi connectivity index (χ1n) is 6.64. The molecule has 0 aromatic heterocycles. The summed E-state index contributed by atoms with van der Waals surface area (Å²) in [5.41, 5.74) is 0.917. The lowest BCUT2D eigenvalue weighted by atomic mass is 9.65. The predicted octanol–water partition coefficient (Wildman–Crippen LogP) is 2.45. The van der Waals surface area contributed by atoms with Gasteiger partial charge < -0.3 is 4.74 Å². The van der Waals surface area contributed by atoms with Crippen molar-refractivity contribution >= 4 is 5.97 Å². The molecule has 17 heavy (non-hydrogen) atoms. The Morgan fingerprint density at radius 1 is 1.35 bits per heavy atom. The zero-order valence-corrected chi connectivity index (χ0v) is 11.6. The van der Waals surface area contributed by atoms with Gasteiger partial charge in [0, 0.05) is 19.1 Å². The van der Waals surface area contributed by atoms with Gasteiger partial charge in [-0.1, -0.05) is 20.8 Å². The molecule has 0 aromatic rings. The highest BCUT2D eigenvalue weighted by atomic mass is 16.5. The lowest BCUT2D eigenvalue weighted by Crippen LogP contribution is -2.35. The van der Waals surface area contributed by atoms with E-state index >= 15 is 0 Å². The summed E-state index contributed by atoms with van der Waals surface area (Å²) in [4.78, 5) is 13.7. The number of carbonyl (C=O) groups excluding carboxylic acids is 1. The SMILES string of the molecule is COC(=O)CCN1C[C@@]2(C)C[C@H]1CC(C)(C)C2. The van der Waals surface area contributed by atoms with Gasteiger partial charge in [-0.05, 0) is 30.1 Å². The van der Waals surface area contributed by atoms with Crippen molar-refractivity contribution < 1.29 is 9.53 Å². The van der Waals surface area contributed by atoms with Gasteiger partial charge in [0.2, 0.25) is 0 Å². The third-order valence-electron chi connectivity index (χ3n) is 4.35. The van der Waals surface area contributed by atoms with Gasteiger partial charge in [-0.25, -0.2) is 0 Å². The van der Waals surface area contributed by atoms with E-state index in [1.54, 1.807) is 0 Å². The molecule has 0 amide bonds. The van der Waals surface area contributed by atoms with Crippen LogP contribution in [0.5, 0.6) is 0 Å². The minimum absolute atomic E-state index is 0.0872. The average Bonchev–Trinajstić information content (AvgIpc) is 2.43. The molecule has 2 aliphatic rings. The number of methoxy groups -OCH3 is 1. The Morgan fingerprint density at radius 3 is 2.71 bits per heavy atom. The fourth-order valence-electron chi connectivity index (χ4n) is 4.18. The van der Waals surface area contributed by atoms with Crippen LogP contribution in [0.4, 0.5) is 0 Å². The number of rotatable bonds is 3. The summed E-state index contributed by atoms with van der Waals surface area (Å²) < 4.78 is 4.72. The lowest BCUT2D eigenvalue weighted by Gasteiger charge is -2.39. The first kappa shape index (κ1) is 12.9. The lowest BCUT2D eigenvalue weighted by molar-refractivity contribution is -0.141. The molecular weight excluding hydrogens is 214 g/mol. The van der Waals surface area contributed by atoms with E-state index in [1.165, 1.54) is 26.4 Å². The van der Waals surface area contributed by atoms with Crippen molar-refractivity contribution in [3.05, 3.63) is 0 Å². The van der Waals surface area contributed by atoms with Crippen LogP contribution in [0.25, 0.3) is 0 Å². The van der Waals surface area contributed by atoms with Crippen molar-refractivity contribution in [3.63, 3.8) is 0 Å². The van der Waals surface area contributed by atoms with Gasteiger partial charge in [0.25, 0.3) is 0 Å². The van der Waals surface area contributed by atoms with Gasteiger partial charge in [0.15, 0.2) is 0 Å². The normalized spacial score (nSPS) is 35.9. The van der Waals surface area contributed by atoms with Crippen LogP contribution in [0, 0.1) is 10.8 Å². The summed E-state index contributed by atoms with van der Waals surface area (Å²) in [6, 6.07) is 0.674. The second kappa shape index (κ2) is 4.27. The number of hydrogen-bond donors (Lipinski definition) is 0. The Balaban J connectivity index is 1.96. The van der Waals surface area contributed by atoms with Crippen LogP contribution < -0.4 is 0 Å². The molecule has 1 aliphatic heterocycles. The van der Waals surface area contributed by atoms with Crippen molar-refractivity contribution in [1.29, 1.82) is 0 Å². The minimum atomic E-state index is -0.0872. The minimum Gasteiger partial charge on any atom is -0.469 e. The molecule has 0 N–H and O–H groups in total. The van der Waals surface area contributed by atoms with Crippen LogP contribution in [0.1, 0.15) is 46.5 Å². The third-order valence-corrected chi connectivity index (χ3v) is 4.35. The van der Waals surface area contributed by atoms with E-state index in [1.807, 2.05) is 0 Å². The van der Waals surface area contributed by atoms with E-state index in [2.05, 4.69) is 25.7 Å². The van der Waals surface area contributed by atoms with E-state index in [0.29, 0.717) is 23.3 Å². The van der Waals surface area contributed by atoms with Gasteiger partial charge in [0.1, 0.15) is 0 Å². The maximum absolute atomic E-state index is 11.2. The molecule has 3 nitrogen and oxygen atoms in total. The summed E-state index contributed by atoms with van der Waals surface area (Å²) >= 11 is 0. The topological polar surface area (TPSA) is 29.5 Å². The molecular formula is C14H25NO2. The second-order valence-electron chi connectivity index (χ2n) is 7.01. The molecule has 2 rings (SSSR count). The highest BCUT2D eigenvalue weighted by molar-refractivity contribution is 5.69. The maximum atomic E-state index is 11.2. The Bertz CT molecular complexity index is 313. The molecule has 0 aromatic carbocycles. The molecule has 1 saturated carbocycles. The van der Waals surface area contributed by atoms with Crippen molar-refractivity contribution in [2.24, 2.45) is 10.8 Å². The molecule has 0 radical (unpaired) electrons. The van der Waals surface area contributed by atoms with Crippen molar-refractivity contribution in [2.75, 3.05) is 20.2 Å². The van der Waals surface area contributed by atoms with Crippen LogP contribution in [0.15, 0.2) is 0 Å². The van der Waals surface area contributed by atoms with Crippen LogP contribution >= 0.6 is 0 Å². The van der Waals surface area contributed by atoms with Crippen LogP contribution in [0.3, 0.4) is 0 Å². The van der Waals surface area contributed by atoms with E-state index in [4.69, 9.17) is 4.74 Å². The molecule has 2 fully saturated rings. The first-order chi connectivity index (χ1) is 7.84. The fourth-order valence-corrected chi connectivity index (χ4v) is 4.18. The Morgan fingerprint density at radius 2 is 2.06 bits per heavy atom. The Kier molecular flexibility index (Phi) is 3.23. The smallest absolute Gasteiger partial charge is 0.306 e. The molecule has 0 spiro atoms. The Hall–Kier alpha value is -0.570. The molecule has 2 bridgehead atoms. The molecule has 98 valence electrons. The summed E-state index contributed by atoms with van der Waals surface area (Å²) in [5, 5.41) is 0. The highest BCUT2D eigenvalue weighted by Crippen LogP contribution is 2.52. The van der Waals surface area contributed by atoms with Crippen molar-refractivity contribution in [3.8, 4) is 0 Å². The van der Waals surface area contributed by atoms with E-state index in [-0.39, 0.29) is 5.97 Å². The third kappa shape index (κ3) is 2.82.